The second kappa shape index (κ2) is 7.57. The number of carbonyl (C=O) groups is 1. The summed E-state index contributed by atoms with van der Waals surface area (Å²) in [6.07, 6.45) is 0. The summed E-state index contributed by atoms with van der Waals surface area (Å²) in [6, 6.07) is 18.8. The summed E-state index contributed by atoms with van der Waals surface area (Å²) in [7, 11) is 0. The quantitative estimate of drug-likeness (QED) is 0.702. The first kappa shape index (κ1) is 16.6. The summed E-state index contributed by atoms with van der Waals surface area (Å²) in [6.45, 7) is 4.08. The van der Waals surface area contributed by atoms with Gasteiger partial charge < -0.3 is 10.1 Å². The van der Waals surface area contributed by atoms with Gasteiger partial charge >= 0.3 is 5.97 Å². The smallest absolute Gasteiger partial charge is 0.338 e. The van der Waals surface area contributed by atoms with E-state index in [2.05, 4.69) is 15.3 Å². The van der Waals surface area contributed by atoms with Gasteiger partial charge in [0.15, 0.2) is 5.82 Å². The van der Waals surface area contributed by atoms with Crippen LogP contribution in [-0.2, 0) is 4.74 Å². The maximum atomic E-state index is 11.7. The minimum atomic E-state index is -0.321. The van der Waals surface area contributed by atoms with Crippen LogP contribution in [0.1, 0.15) is 23.0 Å². The van der Waals surface area contributed by atoms with E-state index in [1.165, 1.54) is 0 Å². The van der Waals surface area contributed by atoms with Gasteiger partial charge in [-0.3, -0.25) is 0 Å². The number of hydrogen-bond donors (Lipinski definition) is 1. The zero-order chi connectivity index (χ0) is 17.6. The molecule has 3 rings (SSSR count). The molecule has 0 saturated carbocycles. The molecule has 0 unspecified atom stereocenters. The van der Waals surface area contributed by atoms with Gasteiger partial charge in [-0.15, -0.1) is 0 Å². The van der Waals surface area contributed by atoms with Gasteiger partial charge in [-0.1, -0.05) is 30.3 Å². The van der Waals surface area contributed by atoms with E-state index in [1.807, 2.05) is 55.5 Å². The van der Waals surface area contributed by atoms with Gasteiger partial charge in [-0.2, -0.15) is 0 Å². The number of aromatic nitrogens is 2. The van der Waals surface area contributed by atoms with Crippen LogP contribution in [0.3, 0.4) is 0 Å². The number of aryl methyl sites for hydroxylation is 1. The normalized spacial score (nSPS) is 10.3. The molecule has 0 aliphatic carbocycles. The van der Waals surface area contributed by atoms with E-state index in [0.29, 0.717) is 23.8 Å². The Labute approximate surface area is 146 Å². The third kappa shape index (κ3) is 4.20. The Balaban J connectivity index is 1.81. The highest BCUT2D eigenvalue weighted by molar-refractivity contribution is 5.89. The lowest BCUT2D eigenvalue weighted by Crippen LogP contribution is -2.04. The molecule has 1 heterocycles. The van der Waals surface area contributed by atoms with Gasteiger partial charge in [0.25, 0.3) is 0 Å². The van der Waals surface area contributed by atoms with Crippen LogP contribution in [0, 0.1) is 6.92 Å². The average molecular weight is 333 g/mol. The first-order valence-electron chi connectivity index (χ1n) is 8.11. The second-order valence-corrected chi connectivity index (χ2v) is 5.51. The van der Waals surface area contributed by atoms with Crippen molar-refractivity contribution < 1.29 is 9.53 Å². The van der Waals surface area contributed by atoms with Gasteiger partial charge in [0.1, 0.15) is 5.82 Å². The van der Waals surface area contributed by atoms with Gasteiger partial charge in [0, 0.05) is 23.0 Å². The fourth-order valence-corrected chi connectivity index (χ4v) is 2.40. The van der Waals surface area contributed by atoms with Crippen LogP contribution in [0.2, 0.25) is 0 Å². The Bertz CT molecular complexity index is 862. The molecule has 0 saturated heterocycles. The van der Waals surface area contributed by atoms with Crippen molar-refractivity contribution in [1.82, 2.24) is 9.97 Å². The van der Waals surface area contributed by atoms with Crippen molar-refractivity contribution >= 4 is 17.5 Å². The van der Waals surface area contributed by atoms with Crippen LogP contribution < -0.4 is 5.32 Å². The first-order valence-corrected chi connectivity index (χ1v) is 8.11. The second-order valence-electron chi connectivity index (χ2n) is 5.51. The standard InChI is InChI=1S/C20H19N3O2/c1-3-25-20(24)16-9-11-17(12-10-16)22-18-13-14(2)21-19(23-18)15-7-5-4-6-8-15/h4-13H,3H2,1-2H3,(H,21,22,23). The van der Waals surface area contributed by atoms with Crippen LogP contribution in [0.15, 0.2) is 60.7 Å². The van der Waals surface area contributed by atoms with Crippen molar-refractivity contribution in [3.05, 3.63) is 71.9 Å². The Morgan fingerprint density at radius 1 is 1.04 bits per heavy atom. The minimum absolute atomic E-state index is 0.321. The number of benzene rings is 2. The number of carbonyl (C=O) groups excluding carboxylic acids is 1. The zero-order valence-corrected chi connectivity index (χ0v) is 14.2. The first-order chi connectivity index (χ1) is 12.2. The molecule has 1 N–H and O–H groups in total. The molecule has 1 aromatic heterocycles. The van der Waals surface area contributed by atoms with Crippen molar-refractivity contribution in [3.8, 4) is 11.4 Å². The van der Waals surface area contributed by atoms with Crippen molar-refractivity contribution in [2.75, 3.05) is 11.9 Å². The van der Waals surface area contributed by atoms with E-state index in [9.17, 15) is 4.79 Å². The highest BCUT2D eigenvalue weighted by atomic mass is 16.5. The monoisotopic (exact) mass is 333 g/mol. The lowest BCUT2D eigenvalue weighted by atomic mass is 10.2. The summed E-state index contributed by atoms with van der Waals surface area (Å²) in [4.78, 5) is 20.8. The molecule has 0 atom stereocenters. The topological polar surface area (TPSA) is 64.1 Å². The molecule has 2 aromatic carbocycles. The number of esters is 1. The summed E-state index contributed by atoms with van der Waals surface area (Å²) >= 11 is 0. The van der Waals surface area contributed by atoms with E-state index in [0.717, 1.165) is 16.9 Å². The van der Waals surface area contributed by atoms with Crippen LogP contribution in [0.4, 0.5) is 11.5 Å². The zero-order valence-electron chi connectivity index (χ0n) is 14.2. The third-order valence-corrected chi connectivity index (χ3v) is 3.55. The fourth-order valence-electron chi connectivity index (χ4n) is 2.40. The lowest BCUT2D eigenvalue weighted by Gasteiger charge is -2.09. The highest BCUT2D eigenvalue weighted by Crippen LogP contribution is 2.21. The van der Waals surface area contributed by atoms with E-state index in [-0.39, 0.29) is 5.97 Å². The number of nitrogens with one attached hydrogen (secondary N) is 1. The number of ether oxygens (including phenoxy) is 1. The molecule has 5 heteroatoms. The molecule has 0 radical (unpaired) electrons. The lowest BCUT2D eigenvalue weighted by molar-refractivity contribution is 0.0526. The molecule has 0 aliphatic rings. The molecular formula is C20H19N3O2. The molecule has 0 spiro atoms. The SMILES string of the molecule is CCOC(=O)c1ccc(Nc2cc(C)nc(-c3ccccc3)n2)cc1. The molecule has 0 aliphatic heterocycles. The van der Waals surface area contributed by atoms with Gasteiger partial charge in [0.2, 0.25) is 0 Å². The van der Waals surface area contributed by atoms with Crippen molar-refractivity contribution in [2.24, 2.45) is 0 Å². The average Bonchev–Trinajstić information content (AvgIpc) is 2.63. The molecule has 3 aromatic rings. The number of nitrogens with zero attached hydrogens (tertiary/aromatic N) is 2. The third-order valence-electron chi connectivity index (χ3n) is 3.55. The van der Waals surface area contributed by atoms with Gasteiger partial charge in [-0.05, 0) is 38.1 Å². The molecule has 0 fully saturated rings. The predicted molar refractivity (Wildman–Crippen MR) is 97.9 cm³/mol. The molecule has 25 heavy (non-hydrogen) atoms. The van der Waals surface area contributed by atoms with Crippen LogP contribution >= 0.6 is 0 Å². The summed E-state index contributed by atoms with van der Waals surface area (Å²) < 4.78 is 4.99. The molecule has 5 nitrogen and oxygen atoms in total. The Morgan fingerprint density at radius 3 is 2.44 bits per heavy atom. The summed E-state index contributed by atoms with van der Waals surface area (Å²) in [5.41, 5.74) is 3.20. The summed E-state index contributed by atoms with van der Waals surface area (Å²) in [5.74, 6) is 1.06. The van der Waals surface area contributed by atoms with Crippen LogP contribution in [0.5, 0.6) is 0 Å². The Hall–Kier alpha value is -3.21. The Morgan fingerprint density at radius 2 is 1.76 bits per heavy atom. The van der Waals surface area contributed by atoms with Crippen molar-refractivity contribution in [3.63, 3.8) is 0 Å². The highest BCUT2D eigenvalue weighted by Gasteiger charge is 2.07. The number of rotatable bonds is 5. The molecule has 0 amide bonds. The predicted octanol–water partition coefficient (Wildman–Crippen LogP) is 4.37. The fraction of sp³-hybridized carbons (Fsp3) is 0.150. The Kier molecular flexibility index (Phi) is 5.04. The van der Waals surface area contributed by atoms with Gasteiger partial charge in [0.05, 0.1) is 12.2 Å². The molecule has 0 bridgehead atoms. The van der Waals surface area contributed by atoms with Crippen LogP contribution in [0.25, 0.3) is 11.4 Å². The minimum Gasteiger partial charge on any atom is -0.462 e. The van der Waals surface area contributed by atoms with E-state index in [4.69, 9.17) is 4.74 Å². The largest absolute Gasteiger partial charge is 0.462 e. The summed E-state index contributed by atoms with van der Waals surface area (Å²) in [5, 5.41) is 3.25. The van der Waals surface area contributed by atoms with Crippen LogP contribution in [-0.4, -0.2) is 22.5 Å². The van der Waals surface area contributed by atoms with Crippen molar-refractivity contribution in [2.45, 2.75) is 13.8 Å². The van der Waals surface area contributed by atoms with E-state index >= 15 is 0 Å². The number of hydrogen-bond acceptors (Lipinski definition) is 5. The van der Waals surface area contributed by atoms with Crippen molar-refractivity contribution in [1.29, 1.82) is 0 Å². The number of anilines is 2. The maximum Gasteiger partial charge on any atom is 0.338 e. The molecule has 126 valence electrons. The van der Waals surface area contributed by atoms with E-state index in [1.54, 1.807) is 19.1 Å². The molecular weight excluding hydrogens is 314 g/mol. The maximum absolute atomic E-state index is 11.7. The van der Waals surface area contributed by atoms with E-state index < -0.39 is 0 Å². The van der Waals surface area contributed by atoms with Gasteiger partial charge in [-0.25, -0.2) is 14.8 Å².